The lowest BCUT2D eigenvalue weighted by molar-refractivity contribution is -0.133. The fourth-order valence-electron chi connectivity index (χ4n) is 4.59. The Morgan fingerprint density at radius 3 is 2.92 bits per heavy atom. The smallest absolute Gasteiger partial charge is 0.237 e. The number of benzene rings is 1. The monoisotopic (exact) mass is 373 g/mol. The maximum absolute atomic E-state index is 12.2. The Bertz CT molecular complexity index is 820. The van der Waals surface area contributed by atoms with E-state index >= 15 is 0 Å². The maximum atomic E-state index is 12.2. The lowest BCUT2D eigenvalue weighted by atomic mass is 9.68. The summed E-state index contributed by atoms with van der Waals surface area (Å²) in [6, 6.07) is 7.98. The number of nitrogens with zero attached hydrogens (tertiary/aromatic N) is 2. The van der Waals surface area contributed by atoms with Gasteiger partial charge in [-0.2, -0.15) is 5.10 Å². The molecule has 2 heterocycles. The summed E-state index contributed by atoms with van der Waals surface area (Å²) >= 11 is 6.45. The second-order valence-electron chi connectivity index (χ2n) is 7.31. The molecule has 6 nitrogen and oxygen atoms in total. The zero-order valence-electron chi connectivity index (χ0n) is 14.8. The minimum Gasteiger partial charge on any atom is -0.329 e. The number of hydrogen-bond acceptors (Lipinski definition) is 4. The number of carbonyl (C=O) groups is 1. The van der Waals surface area contributed by atoms with Gasteiger partial charge in [-0.25, -0.2) is 5.43 Å². The highest BCUT2D eigenvalue weighted by Crippen LogP contribution is 2.45. The normalized spacial score (nSPS) is 28.5. The van der Waals surface area contributed by atoms with E-state index in [9.17, 15) is 4.79 Å². The van der Waals surface area contributed by atoms with Gasteiger partial charge in [0.1, 0.15) is 0 Å². The summed E-state index contributed by atoms with van der Waals surface area (Å²) in [6.07, 6.45) is 4.72. The highest BCUT2D eigenvalue weighted by Gasteiger charge is 2.43. The van der Waals surface area contributed by atoms with E-state index in [-0.39, 0.29) is 23.8 Å². The predicted octanol–water partition coefficient (Wildman–Crippen LogP) is 2.20. The van der Waals surface area contributed by atoms with Crippen LogP contribution in [0.1, 0.15) is 30.7 Å². The fourth-order valence-corrected chi connectivity index (χ4v) is 4.82. The molecule has 4 atom stereocenters. The van der Waals surface area contributed by atoms with E-state index < -0.39 is 0 Å². The van der Waals surface area contributed by atoms with E-state index in [2.05, 4.69) is 16.0 Å². The fraction of sp³-hybridized carbons (Fsp3) is 0.474. The number of aryl methyl sites for hydroxylation is 1. The van der Waals surface area contributed by atoms with Crippen molar-refractivity contribution < 1.29 is 4.79 Å². The van der Waals surface area contributed by atoms with Gasteiger partial charge in [0.15, 0.2) is 0 Å². The highest BCUT2D eigenvalue weighted by molar-refractivity contribution is 6.33. The summed E-state index contributed by atoms with van der Waals surface area (Å²) in [5.41, 5.74) is 15.1. The minimum atomic E-state index is 0.0430. The number of fused-ring (bicyclic) bond motifs is 1. The first-order valence-corrected chi connectivity index (χ1v) is 9.50. The minimum absolute atomic E-state index is 0.0430. The SMILES string of the molecule is Cn1ncc(C2CCC3C(=O)NNC(CN)C3C2)c1-c1ccccc1Cl. The van der Waals surface area contributed by atoms with Crippen LogP contribution in [-0.2, 0) is 11.8 Å². The molecule has 0 spiro atoms. The van der Waals surface area contributed by atoms with Gasteiger partial charge in [-0.3, -0.25) is 14.9 Å². The Balaban J connectivity index is 1.67. The van der Waals surface area contributed by atoms with Crippen molar-refractivity contribution in [3.63, 3.8) is 0 Å². The summed E-state index contributed by atoms with van der Waals surface area (Å²) < 4.78 is 1.90. The molecule has 0 bridgehead atoms. The molecule has 1 aliphatic heterocycles. The third-order valence-corrected chi connectivity index (χ3v) is 6.25. The van der Waals surface area contributed by atoms with Crippen LogP contribution in [0.2, 0.25) is 5.02 Å². The van der Waals surface area contributed by atoms with Crippen LogP contribution in [0.25, 0.3) is 11.3 Å². The van der Waals surface area contributed by atoms with Crippen LogP contribution in [0.3, 0.4) is 0 Å². The molecule has 2 fully saturated rings. The van der Waals surface area contributed by atoms with Crippen molar-refractivity contribution in [3.05, 3.63) is 41.0 Å². The highest BCUT2D eigenvalue weighted by atomic mass is 35.5. The van der Waals surface area contributed by atoms with E-state index in [0.29, 0.717) is 12.5 Å². The van der Waals surface area contributed by atoms with E-state index in [1.165, 1.54) is 5.56 Å². The number of amides is 1. The first kappa shape index (κ1) is 17.5. The summed E-state index contributed by atoms with van der Waals surface area (Å²) in [5, 5.41) is 5.23. The molecule has 1 amide bonds. The van der Waals surface area contributed by atoms with Gasteiger partial charge in [0.25, 0.3) is 0 Å². The molecule has 1 aromatic heterocycles. The molecule has 1 aliphatic carbocycles. The zero-order valence-corrected chi connectivity index (χ0v) is 15.5. The Hall–Kier alpha value is -1.89. The molecular formula is C19H24ClN5O. The average molecular weight is 374 g/mol. The van der Waals surface area contributed by atoms with Gasteiger partial charge < -0.3 is 5.73 Å². The van der Waals surface area contributed by atoms with Gasteiger partial charge in [-0.05, 0) is 37.2 Å². The number of hydrazine groups is 1. The van der Waals surface area contributed by atoms with Crippen molar-refractivity contribution in [2.45, 2.75) is 31.2 Å². The van der Waals surface area contributed by atoms with Crippen LogP contribution >= 0.6 is 11.6 Å². The molecule has 2 aliphatic rings. The number of halogens is 1. The molecule has 4 unspecified atom stereocenters. The van der Waals surface area contributed by atoms with Crippen LogP contribution in [0.5, 0.6) is 0 Å². The second-order valence-corrected chi connectivity index (χ2v) is 7.72. The molecule has 4 N–H and O–H groups in total. The van der Waals surface area contributed by atoms with E-state index in [4.69, 9.17) is 17.3 Å². The summed E-state index contributed by atoms with van der Waals surface area (Å²) in [5.74, 6) is 0.724. The molecule has 0 radical (unpaired) electrons. The van der Waals surface area contributed by atoms with Gasteiger partial charge in [0.05, 0.1) is 11.9 Å². The van der Waals surface area contributed by atoms with Crippen LogP contribution < -0.4 is 16.6 Å². The van der Waals surface area contributed by atoms with E-state index in [0.717, 1.165) is 35.5 Å². The summed E-state index contributed by atoms with van der Waals surface area (Å²) in [4.78, 5) is 12.2. The number of rotatable bonds is 3. The Kier molecular flexibility index (Phi) is 4.73. The average Bonchev–Trinajstić information content (AvgIpc) is 3.03. The lowest BCUT2D eigenvalue weighted by Crippen LogP contribution is -2.62. The quantitative estimate of drug-likeness (QED) is 0.770. The molecule has 26 heavy (non-hydrogen) atoms. The van der Waals surface area contributed by atoms with Gasteiger partial charge >= 0.3 is 0 Å². The summed E-state index contributed by atoms with van der Waals surface area (Å²) in [7, 11) is 1.95. The van der Waals surface area contributed by atoms with Crippen LogP contribution in [-0.4, -0.2) is 28.3 Å². The van der Waals surface area contributed by atoms with Crippen molar-refractivity contribution in [2.75, 3.05) is 6.54 Å². The number of nitrogens with one attached hydrogen (secondary N) is 2. The topological polar surface area (TPSA) is 85.0 Å². The second kappa shape index (κ2) is 7.02. The Labute approximate surface area is 158 Å². The number of carbonyl (C=O) groups excluding carboxylic acids is 1. The predicted molar refractivity (Wildman–Crippen MR) is 101 cm³/mol. The van der Waals surface area contributed by atoms with E-state index in [1.807, 2.05) is 42.2 Å². The third kappa shape index (κ3) is 2.92. The lowest BCUT2D eigenvalue weighted by Gasteiger charge is -2.43. The van der Waals surface area contributed by atoms with Crippen LogP contribution in [0.15, 0.2) is 30.5 Å². The maximum Gasteiger partial charge on any atom is 0.237 e. The van der Waals surface area contributed by atoms with Crippen molar-refractivity contribution in [3.8, 4) is 11.3 Å². The summed E-state index contributed by atoms with van der Waals surface area (Å²) in [6.45, 7) is 0.512. The standard InChI is InChI=1S/C19H24ClN5O/c1-25-18(13-4-2-3-5-16(13)20)15(10-22-25)11-6-7-12-14(8-11)17(9-21)23-24-19(12)26/h2-5,10-12,14,17,23H,6-9,21H2,1H3,(H,24,26). The molecule has 1 saturated heterocycles. The zero-order chi connectivity index (χ0) is 18.3. The Morgan fingerprint density at radius 2 is 2.15 bits per heavy atom. The number of hydrogen-bond donors (Lipinski definition) is 3. The molecule has 1 aromatic carbocycles. The number of aromatic nitrogens is 2. The van der Waals surface area contributed by atoms with Crippen molar-refractivity contribution in [1.29, 1.82) is 0 Å². The first-order chi connectivity index (χ1) is 12.6. The van der Waals surface area contributed by atoms with Gasteiger partial charge in [0, 0.05) is 41.7 Å². The Morgan fingerprint density at radius 1 is 1.35 bits per heavy atom. The van der Waals surface area contributed by atoms with Crippen molar-refractivity contribution in [2.24, 2.45) is 24.6 Å². The molecule has 1 saturated carbocycles. The third-order valence-electron chi connectivity index (χ3n) is 5.92. The first-order valence-electron chi connectivity index (χ1n) is 9.12. The largest absolute Gasteiger partial charge is 0.329 e. The van der Waals surface area contributed by atoms with Gasteiger partial charge in [0.2, 0.25) is 5.91 Å². The molecule has 138 valence electrons. The van der Waals surface area contributed by atoms with Crippen molar-refractivity contribution >= 4 is 17.5 Å². The molecule has 7 heteroatoms. The molecule has 2 aromatic rings. The van der Waals surface area contributed by atoms with Crippen molar-refractivity contribution in [1.82, 2.24) is 20.6 Å². The molecule has 4 rings (SSSR count). The molecular weight excluding hydrogens is 350 g/mol. The van der Waals surface area contributed by atoms with Gasteiger partial charge in [-0.1, -0.05) is 29.8 Å². The number of nitrogens with two attached hydrogens (primary N) is 1. The van der Waals surface area contributed by atoms with Crippen LogP contribution in [0.4, 0.5) is 0 Å². The van der Waals surface area contributed by atoms with Crippen LogP contribution in [0, 0.1) is 11.8 Å². The van der Waals surface area contributed by atoms with Gasteiger partial charge in [-0.15, -0.1) is 0 Å². The van der Waals surface area contributed by atoms with E-state index in [1.54, 1.807) is 0 Å².